The molecule has 0 aliphatic rings. The third-order valence-corrected chi connectivity index (χ3v) is 2.49. The highest BCUT2D eigenvalue weighted by atomic mass is 32.2. The van der Waals surface area contributed by atoms with E-state index in [-0.39, 0.29) is 0 Å². The average Bonchev–Trinajstić information content (AvgIpc) is 2.15. The van der Waals surface area contributed by atoms with Gasteiger partial charge in [-0.05, 0) is 24.5 Å². The van der Waals surface area contributed by atoms with Gasteiger partial charge in [-0.25, -0.2) is 4.79 Å². The molecule has 0 aliphatic heterocycles. The van der Waals surface area contributed by atoms with Crippen molar-refractivity contribution in [2.45, 2.75) is 11.1 Å². The Morgan fingerprint density at radius 1 is 1.40 bits per heavy atom. The summed E-state index contributed by atoms with van der Waals surface area (Å²) >= 11 is 1.13. The van der Waals surface area contributed by atoms with E-state index in [0.717, 1.165) is 23.9 Å². The van der Waals surface area contributed by atoms with E-state index in [1.807, 2.05) is 0 Å². The van der Waals surface area contributed by atoms with Gasteiger partial charge in [0.05, 0.1) is 11.1 Å². The minimum absolute atomic E-state index is 0.382. The van der Waals surface area contributed by atoms with Crippen LogP contribution in [0.5, 0.6) is 0 Å². The van der Waals surface area contributed by atoms with Gasteiger partial charge in [0.15, 0.2) is 0 Å². The van der Waals surface area contributed by atoms with Crippen molar-refractivity contribution in [3.63, 3.8) is 0 Å². The number of benzene rings is 1. The molecule has 0 amide bonds. The summed E-state index contributed by atoms with van der Waals surface area (Å²) in [6, 6.07) is 3.16. The number of hydrogen-bond acceptors (Lipinski definition) is 2. The van der Waals surface area contributed by atoms with Gasteiger partial charge in [-0.3, -0.25) is 0 Å². The van der Waals surface area contributed by atoms with Crippen molar-refractivity contribution in [1.29, 1.82) is 0 Å². The summed E-state index contributed by atoms with van der Waals surface area (Å²) in [5.74, 6) is -1.57. The van der Waals surface area contributed by atoms with Gasteiger partial charge in [-0.1, -0.05) is 0 Å². The number of carboxylic acids is 1. The number of hydrogen-bond donors (Lipinski definition) is 1. The van der Waals surface area contributed by atoms with Crippen LogP contribution in [0.15, 0.2) is 23.1 Å². The zero-order valence-corrected chi connectivity index (χ0v) is 8.45. The van der Waals surface area contributed by atoms with Crippen LogP contribution in [0.2, 0.25) is 0 Å². The summed E-state index contributed by atoms with van der Waals surface area (Å²) in [5.41, 5.74) is -1.83. The fraction of sp³-hybridized carbons (Fsp3) is 0.222. The topological polar surface area (TPSA) is 37.3 Å². The molecule has 0 saturated heterocycles. The molecule has 0 fully saturated rings. The van der Waals surface area contributed by atoms with E-state index in [0.29, 0.717) is 4.90 Å². The van der Waals surface area contributed by atoms with Crippen molar-refractivity contribution < 1.29 is 23.1 Å². The molecule has 1 N–H and O–H groups in total. The Morgan fingerprint density at radius 2 is 2.00 bits per heavy atom. The number of aromatic carboxylic acids is 1. The Hall–Kier alpha value is -1.17. The fourth-order valence-electron chi connectivity index (χ4n) is 1.07. The molecule has 0 heterocycles. The first-order valence-corrected chi connectivity index (χ1v) is 5.07. The van der Waals surface area contributed by atoms with Crippen molar-refractivity contribution >= 4 is 17.7 Å². The van der Waals surface area contributed by atoms with Crippen LogP contribution >= 0.6 is 11.8 Å². The summed E-state index contributed by atoms with van der Waals surface area (Å²) in [7, 11) is 0. The largest absolute Gasteiger partial charge is 0.478 e. The van der Waals surface area contributed by atoms with Crippen LogP contribution in [0.1, 0.15) is 15.9 Å². The van der Waals surface area contributed by atoms with Crippen molar-refractivity contribution in [3.05, 3.63) is 29.3 Å². The third-order valence-electron chi connectivity index (χ3n) is 1.76. The molecule has 1 aromatic rings. The molecule has 2 nitrogen and oxygen atoms in total. The van der Waals surface area contributed by atoms with Gasteiger partial charge in [-0.15, -0.1) is 11.8 Å². The lowest BCUT2D eigenvalue weighted by Gasteiger charge is -2.11. The van der Waals surface area contributed by atoms with E-state index >= 15 is 0 Å². The van der Waals surface area contributed by atoms with E-state index in [1.165, 1.54) is 6.07 Å². The molecule has 82 valence electrons. The minimum Gasteiger partial charge on any atom is -0.478 e. The molecule has 0 atom stereocenters. The maximum Gasteiger partial charge on any atom is 0.417 e. The third kappa shape index (κ3) is 2.65. The highest BCUT2D eigenvalue weighted by molar-refractivity contribution is 7.98. The Labute approximate surface area is 88.1 Å². The molecular formula is C9H7F3O2S. The van der Waals surface area contributed by atoms with Gasteiger partial charge in [0.25, 0.3) is 0 Å². The second-order valence-corrected chi connectivity index (χ2v) is 3.59. The first kappa shape index (κ1) is 11.9. The lowest BCUT2D eigenvalue weighted by molar-refractivity contribution is -0.138. The highest BCUT2D eigenvalue weighted by Gasteiger charge is 2.35. The minimum atomic E-state index is -4.64. The molecule has 0 radical (unpaired) electrons. The molecule has 0 saturated carbocycles. The van der Waals surface area contributed by atoms with Crippen LogP contribution < -0.4 is 0 Å². The van der Waals surface area contributed by atoms with Gasteiger partial charge >= 0.3 is 12.1 Å². The summed E-state index contributed by atoms with van der Waals surface area (Å²) in [6.07, 6.45) is -3.02. The lowest BCUT2D eigenvalue weighted by atomic mass is 10.1. The van der Waals surface area contributed by atoms with Gasteiger partial charge in [-0.2, -0.15) is 13.2 Å². The first-order chi connectivity index (χ1) is 6.86. The highest BCUT2D eigenvalue weighted by Crippen LogP contribution is 2.34. The molecule has 1 aromatic carbocycles. The van der Waals surface area contributed by atoms with Gasteiger partial charge in [0.2, 0.25) is 0 Å². The second-order valence-electron chi connectivity index (χ2n) is 2.71. The number of alkyl halides is 3. The fourth-order valence-corrected chi connectivity index (χ4v) is 1.51. The van der Waals surface area contributed by atoms with Crippen LogP contribution in [0.4, 0.5) is 13.2 Å². The van der Waals surface area contributed by atoms with E-state index in [4.69, 9.17) is 5.11 Å². The van der Waals surface area contributed by atoms with Gasteiger partial charge < -0.3 is 5.11 Å². The molecule has 1 rings (SSSR count). The molecule has 0 spiro atoms. The predicted molar refractivity (Wildman–Crippen MR) is 50.2 cm³/mol. The molecule has 6 heteroatoms. The monoisotopic (exact) mass is 236 g/mol. The van der Waals surface area contributed by atoms with Gasteiger partial charge in [0, 0.05) is 4.90 Å². The van der Waals surface area contributed by atoms with E-state index in [1.54, 1.807) is 6.26 Å². The summed E-state index contributed by atoms with van der Waals surface area (Å²) < 4.78 is 37.4. The lowest BCUT2D eigenvalue weighted by Crippen LogP contribution is -2.12. The van der Waals surface area contributed by atoms with Crippen LogP contribution in [-0.4, -0.2) is 17.3 Å². The SMILES string of the molecule is CSc1ccc(C(=O)O)c(C(F)(F)F)c1. The number of carboxylic acid groups (broad SMARTS) is 1. The normalized spacial score (nSPS) is 11.5. The van der Waals surface area contributed by atoms with Crippen molar-refractivity contribution in [2.75, 3.05) is 6.26 Å². The quantitative estimate of drug-likeness (QED) is 0.801. The van der Waals surface area contributed by atoms with Gasteiger partial charge in [0.1, 0.15) is 0 Å². The van der Waals surface area contributed by atoms with Crippen LogP contribution in [0.25, 0.3) is 0 Å². The zero-order chi connectivity index (χ0) is 11.6. The van der Waals surface area contributed by atoms with E-state index in [9.17, 15) is 18.0 Å². The Morgan fingerprint density at radius 3 is 2.40 bits per heavy atom. The Balaban J connectivity index is 3.36. The van der Waals surface area contributed by atoms with Crippen molar-refractivity contribution in [2.24, 2.45) is 0 Å². The standard InChI is InChI=1S/C9H7F3O2S/c1-15-5-2-3-6(8(13)14)7(4-5)9(10,11)12/h2-4H,1H3,(H,13,14). The number of carbonyl (C=O) groups is 1. The summed E-state index contributed by atoms with van der Waals surface area (Å²) in [4.78, 5) is 10.9. The maximum absolute atomic E-state index is 12.5. The second kappa shape index (κ2) is 4.14. The molecule has 0 aromatic heterocycles. The zero-order valence-electron chi connectivity index (χ0n) is 7.63. The number of thioether (sulfide) groups is 1. The van der Waals surface area contributed by atoms with Crippen LogP contribution in [0, 0.1) is 0 Å². The van der Waals surface area contributed by atoms with E-state index < -0.39 is 23.3 Å². The Kier molecular flexibility index (Phi) is 3.28. The average molecular weight is 236 g/mol. The molecule has 15 heavy (non-hydrogen) atoms. The smallest absolute Gasteiger partial charge is 0.417 e. The van der Waals surface area contributed by atoms with Crippen molar-refractivity contribution in [1.82, 2.24) is 0 Å². The summed E-state index contributed by atoms with van der Waals surface area (Å²) in [5, 5.41) is 8.59. The maximum atomic E-state index is 12.5. The molecule has 0 aliphatic carbocycles. The summed E-state index contributed by atoms with van der Waals surface area (Å²) in [6.45, 7) is 0. The predicted octanol–water partition coefficient (Wildman–Crippen LogP) is 3.13. The van der Waals surface area contributed by atoms with Crippen molar-refractivity contribution in [3.8, 4) is 0 Å². The first-order valence-electron chi connectivity index (χ1n) is 3.85. The molecule has 0 bridgehead atoms. The van der Waals surface area contributed by atoms with Crippen LogP contribution in [0.3, 0.4) is 0 Å². The number of halogens is 3. The van der Waals surface area contributed by atoms with E-state index in [2.05, 4.69) is 0 Å². The molecular weight excluding hydrogens is 229 g/mol. The molecule has 0 unspecified atom stereocenters. The van der Waals surface area contributed by atoms with Crippen LogP contribution in [-0.2, 0) is 6.18 Å². The number of rotatable bonds is 2. The Bertz CT molecular complexity index is 387.